The topological polar surface area (TPSA) is 54.4 Å². The Bertz CT molecular complexity index is 226. The van der Waals surface area contributed by atoms with E-state index in [1.807, 2.05) is 0 Å². The van der Waals surface area contributed by atoms with E-state index in [0.29, 0.717) is 6.42 Å². The average molecular weight is 222 g/mol. The summed E-state index contributed by atoms with van der Waals surface area (Å²) in [6.45, 7) is 3.12. The molecule has 0 aliphatic rings. The number of carboxylic acid groups (broad SMARTS) is 1. The zero-order chi connectivity index (χ0) is 9.02. The number of carbonyl (C=O) groups excluding carboxylic acids is 1. The molecule has 0 aliphatic heterocycles. The van der Waals surface area contributed by atoms with E-state index in [9.17, 15) is 9.59 Å². The van der Waals surface area contributed by atoms with E-state index < -0.39 is 11.1 Å². The molecule has 1 N–H and O–H groups in total. The zero-order valence-electron chi connectivity index (χ0n) is 6.42. The molecule has 0 saturated carbocycles. The van der Waals surface area contributed by atoms with Gasteiger partial charge in [0.15, 0.2) is 0 Å². The third kappa shape index (κ3) is 7.19. The molecule has 0 aromatic heterocycles. The van der Waals surface area contributed by atoms with Gasteiger partial charge in [-0.1, -0.05) is 6.92 Å². The fourth-order valence-electron chi connectivity index (χ4n) is 0.706. The second-order valence-electron chi connectivity index (χ2n) is 2.07. The van der Waals surface area contributed by atoms with Gasteiger partial charge in [-0.05, 0) is 13.3 Å². The summed E-state index contributed by atoms with van der Waals surface area (Å²) in [4.78, 5) is 21.0. The van der Waals surface area contributed by atoms with Crippen LogP contribution in [-0.2, 0) is 9.59 Å². The molecule has 0 heterocycles. The molecule has 0 unspecified atom stereocenters. The summed E-state index contributed by atoms with van der Waals surface area (Å²) in [5.41, 5.74) is 0.341. The third-order valence-electron chi connectivity index (χ3n) is 1.39. The van der Waals surface area contributed by atoms with Gasteiger partial charge in [0.1, 0.15) is 0 Å². The minimum absolute atomic E-state index is 0. The van der Waals surface area contributed by atoms with Crippen molar-refractivity contribution in [3.8, 4) is 0 Å². The van der Waals surface area contributed by atoms with Gasteiger partial charge in [-0.2, -0.15) is 0 Å². The fraction of sp³-hybridized carbons (Fsp3) is 0.429. The predicted molar refractivity (Wildman–Crippen MR) is 58.9 cm³/mol. The third-order valence-corrected chi connectivity index (χ3v) is 1.66. The van der Waals surface area contributed by atoms with Crippen molar-refractivity contribution in [3.63, 3.8) is 0 Å². The molecular formula is C7H12Na2O3S. The molecule has 0 bridgehead atoms. The van der Waals surface area contributed by atoms with Crippen molar-refractivity contribution in [3.05, 3.63) is 11.1 Å². The zero-order valence-corrected chi connectivity index (χ0v) is 7.31. The van der Waals surface area contributed by atoms with Crippen LogP contribution >= 0.6 is 12.6 Å². The van der Waals surface area contributed by atoms with Gasteiger partial charge in [0.2, 0.25) is 5.12 Å². The first kappa shape index (κ1) is 19.7. The molecule has 0 radical (unpaired) electrons. The maximum absolute atomic E-state index is 10.7. The van der Waals surface area contributed by atoms with E-state index in [4.69, 9.17) is 5.11 Å². The number of carboxylic acids is 1. The van der Waals surface area contributed by atoms with Crippen molar-refractivity contribution in [2.45, 2.75) is 20.3 Å². The summed E-state index contributed by atoms with van der Waals surface area (Å²) in [7, 11) is 0. The molecule has 66 valence electrons. The summed E-state index contributed by atoms with van der Waals surface area (Å²) >= 11 is 3.55. The van der Waals surface area contributed by atoms with E-state index >= 15 is 0 Å². The first-order chi connectivity index (χ1) is 5.00. The van der Waals surface area contributed by atoms with Crippen LogP contribution < -0.4 is 0 Å². The molecule has 6 heteroatoms. The Labute approximate surface area is 127 Å². The summed E-state index contributed by atoms with van der Waals surface area (Å²) in [6.07, 6.45) is 0.403. The van der Waals surface area contributed by atoms with Crippen molar-refractivity contribution in [1.82, 2.24) is 0 Å². The number of hydrogen-bond acceptors (Lipinski definition) is 2. The van der Waals surface area contributed by atoms with Crippen LogP contribution in [0.4, 0.5) is 0 Å². The molecule has 0 aromatic carbocycles. The van der Waals surface area contributed by atoms with Crippen LogP contribution in [-0.4, -0.2) is 75.3 Å². The minimum atomic E-state index is -1.07. The summed E-state index contributed by atoms with van der Waals surface area (Å²) in [5.74, 6) is -1.07. The second kappa shape index (κ2) is 9.77. The predicted octanol–water partition coefficient (Wildman–Crippen LogP) is -0.0431. The van der Waals surface area contributed by atoms with Crippen molar-refractivity contribution >= 4 is 82.8 Å². The number of hydrogen-bond donors (Lipinski definition) is 2. The quantitative estimate of drug-likeness (QED) is 0.400. The monoisotopic (exact) mass is 222 g/mol. The molecule has 13 heavy (non-hydrogen) atoms. The average Bonchev–Trinajstić information content (AvgIpc) is 1.88. The number of carbonyl (C=O) groups is 2. The van der Waals surface area contributed by atoms with Crippen LogP contribution in [0.1, 0.15) is 20.3 Å². The molecule has 0 spiro atoms. The van der Waals surface area contributed by atoms with Gasteiger partial charge in [-0.25, -0.2) is 4.79 Å². The number of aliphatic carboxylic acids is 1. The van der Waals surface area contributed by atoms with E-state index in [1.54, 1.807) is 6.92 Å². The van der Waals surface area contributed by atoms with Crippen molar-refractivity contribution in [1.29, 1.82) is 0 Å². The summed E-state index contributed by atoms with van der Waals surface area (Å²) < 4.78 is 0. The Morgan fingerprint density at radius 2 is 1.69 bits per heavy atom. The van der Waals surface area contributed by atoms with Gasteiger partial charge in [0.05, 0.1) is 0 Å². The molecule has 0 rings (SSSR count). The van der Waals surface area contributed by atoms with Gasteiger partial charge in [-0.15, -0.1) is 12.6 Å². The molecule has 0 aromatic rings. The number of rotatable bonds is 3. The Hall–Kier alpha value is 1.23. The Balaban J connectivity index is -0.000000500. The molecule has 0 fully saturated rings. The molecule has 0 aliphatic carbocycles. The Morgan fingerprint density at radius 1 is 1.31 bits per heavy atom. The van der Waals surface area contributed by atoms with Crippen molar-refractivity contribution < 1.29 is 14.7 Å². The van der Waals surface area contributed by atoms with Crippen LogP contribution in [0.25, 0.3) is 0 Å². The fourth-order valence-corrected chi connectivity index (χ4v) is 1.03. The molecule has 3 nitrogen and oxygen atoms in total. The molecule has 0 amide bonds. The standard InChI is InChI=1S/C7H10O3S.2Na.2H/c1-3-5(7(10)11)4(2)6(8)9;;;;/h3H2,1-2H3,(H,8,9)(H,10,11);;;;/b5-4-;;;;. The van der Waals surface area contributed by atoms with Gasteiger partial charge >= 0.3 is 65.1 Å². The second-order valence-corrected chi connectivity index (χ2v) is 2.47. The summed E-state index contributed by atoms with van der Waals surface area (Å²) in [6, 6.07) is 0. The normalized spacial score (nSPS) is 10.4. The van der Waals surface area contributed by atoms with Crippen LogP contribution in [0.15, 0.2) is 11.1 Å². The van der Waals surface area contributed by atoms with Gasteiger partial charge < -0.3 is 5.11 Å². The molecular weight excluding hydrogens is 210 g/mol. The maximum atomic E-state index is 10.7. The summed E-state index contributed by atoms with van der Waals surface area (Å²) in [5, 5.41) is 8.02. The van der Waals surface area contributed by atoms with E-state index in [-0.39, 0.29) is 70.3 Å². The van der Waals surface area contributed by atoms with Crippen molar-refractivity contribution in [2.24, 2.45) is 0 Å². The van der Waals surface area contributed by atoms with Crippen LogP contribution in [0.2, 0.25) is 0 Å². The first-order valence-corrected chi connectivity index (χ1v) is 3.61. The molecule has 0 atom stereocenters. The Kier molecular flexibility index (Phi) is 14.8. The van der Waals surface area contributed by atoms with Gasteiger partial charge in [0.25, 0.3) is 0 Å². The van der Waals surface area contributed by atoms with E-state index in [2.05, 4.69) is 12.6 Å². The number of thiol groups is 1. The van der Waals surface area contributed by atoms with Crippen LogP contribution in [0.5, 0.6) is 0 Å². The van der Waals surface area contributed by atoms with Crippen LogP contribution in [0, 0.1) is 0 Å². The Morgan fingerprint density at radius 3 is 1.77 bits per heavy atom. The van der Waals surface area contributed by atoms with Gasteiger partial charge in [0, 0.05) is 11.1 Å². The molecule has 0 saturated heterocycles. The van der Waals surface area contributed by atoms with E-state index in [1.165, 1.54) is 6.92 Å². The first-order valence-electron chi connectivity index (χ1n) is 3.17. The SMILES string of the molecule is CC/C(C(=O)S)=C(\C)C(=O)O.[NaH].[NaH]. The van der Waals surface area contributed by atoms with E-state index in [0.717, 1.165) is 0 Å². The van der Waals surface area contributed by atoms with Crippen LogP contribution in [0.3, 0.4) is 0 Å². The van der Waals surface area contributed by atoms with Crippen molar-refractivity contribution in [2.75, 3.05) is 0 Å². The van der Waals surface area contributed by atoms with Gasteiger partial charge in [-0.3, -0.25) is 4.79 Å².